The molecular weight excluding hydrogens is 428 g/mol. The first-order valence-electron chi connectivity index (χ1n) is 9.78. The minimum atomic E-state index is -0.728. The molecule has 0 unspecified atom stereocenters. The Balaban J connectivity index is 1.94. The Morgan fingerprint density at radius 1 is 1.00 bits per heavy atom. The molecule has 2 aromatic carbocycles. The molecule has 0 aliphatic heterocycles. The van der Waals surface area contributed by atoms with Crippen LogP contribution in [0.5, 0.6) is 5.75 Å². The number of hydrogen-bond donors (Lipinski definition) is 2. The summed E-state index contributed by atoms with van der Waals surface area (Å²) in [7, 11) is 0. The molecule has 10 heteroatoms. The number of thioether (sulfide) groups is 1. The van der Waals surface area contributed by atoms with Crippen LogP contribution in [-0.4, -0.2) is 43.7 Å². The van der Waals surface area contributed by atoms with Crippen LogP contribution < -0.4 is 16.2 Å². The third kappa shape index (κ3) is 4.26. The number of fused-ring (bicyclic) bond motifs is 1. The van der Waals surface area contributed by atoms with E-state index in [0.29, 0.717) is 34.5 Å². The van der Waals surface area contributed by atoms with Crippen LogP contribution in [0, 0.1) is 0 Å². The fraction of sp³-hybridized carbons (Fsp3) is 0.136. The van der Waals surface area contributed by atoms with Gasteiger partial charge in [0.1, 0.15) is 11.3 Å². The second-order valence-electron chi connectivity index (χ2n) is 6.71. The maximum atomic E-state index is 12.2. The van der Waals surface area contributed by atoms with Gasteiger partial charge in [-0.05, 0) is 43.3 Å². The lowest BCUT2D eigenvalue weighted by atomic mass is 10.2. The number of para-hydroxylation sites is 1. The molecule has 162 valence electrons. The number of aromatic nitrogens is 4. The highest BCUT2D eigenvalue weighted by molar-refractivity contribution is 7.99. The van der Waals surface area contributed by atoms with E-state index in [2.05, 4.69) is 9.97 Å². The molecule has 0 radical (unpaired) electrons. The van der Waals surface area contributed by atoms with Crippen molar-refractivity contribution < 1.29 is 14.3 Å². The van der Waals surface area contributed by atoms with E-state index in [0.717, 1.165) is 17.4 Å². The fourth-order valence-electron chi connectivity index (χ4n) is 3.15. The highest BCUT2D eigenvalue weighted by Crippen LogP contribution is 2.30. The Hall–Kier alpha value is -3.92. The average Bonchev–Trinajstić information content (AvgIpc) is 3.16. The van der Waals surface area contributed by atoms with Crippen molar-refractivity contribution in [3.05, 3.63) is 60.3 Å². The third-order valence-corrected chi connectivity index (χ3v) is 5.45. The Morgan fingerprint density at radius 2 is 1.72 bits per heavy atom. The third-order valence-electron chi connectivity index (χ3n) is 4.49. The Labute approximate surface area is 187 Å². The molecule has 0 saturated heterocycles. The molecule has 0 fully saturated rings. The second-order valence-corrected chi connectivity index (χ2v) is 7.65. The summed E-state index contributed by atoms with van der Waals surface area (Å²) in [6.07, 6.45) is 0. The van der Waals surface area contributed by atoms with Gasteiger partial charge in [0.2, 0.25) is 5.91 Å². The van der Waals surface area contributed by atoms with Crippen LogP contribution in [0.1, 0.15) is 17.4 Å². The molecule has 32 heavy (non-hydrogen) atoms. The number of nitrogens with zero attached hydrogens (tertiary/aromatic N) is 4. The van der Waals surface area contributed by atoms with E-state index in [1.165, 1.54) is 0 Å². The summed E-state index contributed by atoms with van der Waals surface area (Å²) >= 11 is 1.15. The molecule has 2 heterocycles. The van der Waals surface area contributed by atoms with Gasteiger partial charge >= 0.3 is 0 Å². The van der Waals surface area contributed by atoms with E-state index >= 15 is 0 Å². The van der Waals surface area contributed by atoms with Gasteiger partial charge in [0.05, 0.1) is 12.4 Å². The summed E-state index contributed by atoms with van der Waals surface area (Å²) in [5.74, 6) is -0.169. The maximum absolute atomic E-state index is 12.2. The van der Waals surface area contributed by atoms with E-state index in [9.17, 15) is 9.59 Å². The van der Waals surface area contributed by atoms with Crippen molar-refractivity contribution in [2.45, 2.75) is 12.1 Å². The van der Waals surface area contributed by atoms with Crippen molar-refractivity contribution in [3.8, 4) is 22.8 Å². The van der Waals surface area contributed by atoms with Gasteiger partial charge in [-0.15, -0.1) is 0 Å². The molecule has 0 aliphatic carbocycles. The van der Waals surface area contributed by atoms with Crippen LogP contribution in [0.4, 0.5) is 0 Å². The summed E-state index contributed by atoms with van der Waals surface area (Å²) in [5.41, 5.74) is 13.0. The Bertz CT molecular complexity index is 1290. The van der Waals surface area contributed by atoms with E-state index < -0.39 is 11.8 Å². The molecule has 0 saturated carbocycles. The van der Waals surface area contributed by atoms with Crippen molar-refractivity contribution in [2.24, 2.45) is 11.5 Å². The monoisotopic (exact) mass is 448 g/mol. The van der Waals surface area contributed by atoms with Gasteiger partial charge in [-0.3, -0.25) is 14.2 Å². The van der Waals surface area contributed by atoms with Crippen LogP contribution in [0.2, 0.25) is 0 Å². The molecule has 4 rings (SSSR count). The zero-order chi connectivity index (χ0) is 22.7. The van der Waals surface area contributed by atoms with Crippen molar-refractivity contribution in [3.63, 3.8) is 0 Å². The number of nitrogens with two attached hydrogens (primary N) is 2. The molecule has 2 aromatic heterocycles. The number of primary amides is 2. The van der Waals surface area contributed by atoms with Crippen LogP contribution >= 0.6 is 11.8 Å². The average molecular weight is 449 g/mol. The van der Waals surface area contributed by atoms with Gasteiger partial charge in [0, 0.05) is 11.3 Å². The predicted octanol–water partition coefficient (Wildman–Crippen LogP) is 2.56. The van der Waals surface area contributed by atoms with Crippen LogP contribution in [0.15, 0.2) is 59.8 Å². The summed E-state index contributed by atoms with van der Waals surface area (Å²) in [6, 6.07) is 16.6. The number of ether oxygens (including phenoxy) is 1. The van der Waals surface area contributed by atoms with Crippen molar-refractivity contribution >= 4 is 34.7 Å². The number of benzene rings is 2. The largest absolute Gasteiger partial charge is 0.494 e. The van der Waals surface area contributed by atoms with Gasteiger partial charge in [-0.2, -0.15) is 0 Å². The first-order valence-corrected chi connectivity index (χ1v) is 10.8. The van der Waals surface area contributed by atoms with Crippen molar-refractivity contribution in [2.75, 3.05) is 12.4 Å². The van der Waals surface area contributed by atoms with E-state index in [1.54, 1.807) is 16.7 Å². The molecule has 2 amide bonds. The summed E-state index contributed by atoms with van der Waals surface area (Å²) in [4.78, 5) is 37.2. The van der Waals surface area contributed by atoms with Crippen molar-refractivity contribution in [1.29, 1.82) is 0 Å². The Kier molecular flexibility index (Phi) is 6.04. The summed E-state index contributed by atoms with van der Waals surface area (Å²) < 4.78 is 7.24. The zero-order valence-corrected chi connectivity index (χ0v) is 18.0. The number of amides is 2. The summed E-state index contributed by atoms with van der Waals surface area (Å²) in [5, 5.41) is 0.450. The lowest BCUT2D eigenvalue weighted by molar-refractivity contribution is -0.115. The predicted molar refractivity (Wildman–Crippen MR) is 122 cm³/mol. The quantitative estimate of drug-likeness (QED) is 0.395. The standard InChI is InChI=1S/C22H20N6O3S/c1-2-31-15-10-8-13(9-11-15)20-25-17(19(24)30)18-21(27-20)28(14-6-4-3-5-7-14)22(26-18)32-12-16(23)29/h3-11H,2,12H2,1H3,(H2,23,29)(H2,24,30). The van der Waals surface area contributed by atoms with Crippen LogP contribution in [-0.2, 0) is 4.79 Å². The van der Waals surface area contributed by atoms with Crippen LogP contribution in [0.3, 0.4) is 0 Å². The van der Waals surface area contributed by atoms with Gasteiger partial charge in [0.15, 0.2) is 22.3 Å². The zero-order valence-electron chi connectivity index (χ0n) is 17.2. The fourth-order valence-corrected chi connectivity index (χ4v) is 3.90. The minimum Gasteiger partial charge on any atom is -0.494 e. The maximum Gasteiger partial charge on any atom is 0.269 e. The lowest BCUT2D eigenvalue weighted by Crippen LogP contribution is -2.15. The van der Waals surface area contributed by atoms with Gasteiger partial charge in [0.25, 0.3) is 5.91 Å². The first-order chi connectivity index (χ1) is 15.5. The van der Waals surface area contributed by atoms with E-state index in [4.69, 9.17) is 21.2 Å². The van der Waals surface area contributed by atoms with E-state index in [-0.39, 0.29) is 17.0 Å². The number of carbonyl (C=O) groups is 2. The molecule has 0 atom stereocenters. The number of carbonyl (C=O) groups excluding carboxylic acids is 2. The highest BCUT2D eigenvalue weighted by Gasteiger charge is 2.22. The molecule has 0 aliphatic rings. The molecule has 0 bridgehead atoms. The molecule has 9 nitrogen and oxygen atoms in total. The number of hydrogen-bond acceptors (Lipinski definition) is 7. The van der Waals surface area contributed by atoms with E-state index in [1.807, 2.05) is 49.4 Å². The first kappa shape index (κ1) is 21.3. The SMILES string of the molecule is CCOc1ccc(-c2nc(C(N)=O)c3nc(SCC(N)=O)n(-c4ccccc4)c3n2)cc1. The van der Waals surface area contributed by atoms with Gasteiger partial charge in [-0.1, -0.05) is 30.0 Å². The highest BCUT2D eigenvalue weighted by atomic mass is 32.2. The van der Waals surface area contributed by atoms with Crippen molar-refractivity contribution in [1.82, 2.24) is 19.5 Å². The number of rotatable bonds is 8. The molecule has 4 aromatic rings. The van der Waals surface area contributed by atoms with Gasteiger partial charge in [-0.25, -0.2) is 15.0 Å². The Morgan fingerprint density at radius 3 is 2.34 bits per heavy atom. The molecule has 4 N–H and O–H groups in total. The lowest BCUT2D eigenvalue weighted by Gasteiger charge is -2.09. The molecule has 0 spiro atoms. The molecular formula is C22H20N6O3S. The van der Waals surface area contributed by atoms with Crippen LogP contribution in [0.25, 0.3) is 28.2 Å². The topological polar surface area (TPSA) is 139 Å². The summed E-state index contributed by atoms with van der Waals surface area (Å²) in [6.45, 7) is 2.46. The second kappa shape index (κ2) is 9.06. The minimum absolute atomic E-state index is 0.00510. The normalized spacial score (nSPS) is 10.9. The van der Waals surface area contributed by atoms with Gasteiger partial charge < -0.3 is 16.2 Å². The number of imidazole rings is 1. The smallest absolute Gasteiger partial charge is 0.269 e.